The molecule has 0 bridgehead atoms. The summed E-state index contributed by atoms with van der Waals surface area (Å²) in [6, 6.07) is 7.54. The highest BCUT2D eigenvalue weighted by Gasteiger charge is 2.55. The highest BCUT2D eigenvalue weighted by atomic mass is 16.6. The van der Waals surface area contributed by atoms with E-state index in [4.69, 9.17) is 10.5 Å². The van der Waals surface area contributed by atoms with Crippen molar-refractivity contribution in [1.29, 1.82) is 0 Å². The van der Waals surface area contributed by atoms with Crippen LogP contribution in [0, 0.1) is 5.41 Å². The molecule has 0 spiro atoms. The first-order valence-corrected chi connectivity index (χ1v) is 9.82. The molecule has 28 heavy (non-hydrogen) atoms. The molecule has 2 N–H and O–H groups in total. The van der Waals surface area contributed by atoms with Gasteiger partial charge in [0.15, 0.2) is 5.60 Å². The standard InChI is InChI=1S/C21H29N3O4/c1-20(2,3)21(28-19(22)27)11-10-15-8-4-5-9-16(15)24(18(21)26)14-17(25)23-12-6-7-13-23/h4-5,8-9H,6-7,10-14H2,1-3H3,(H2,22,27). The Morgan fingerprint density at radius 2 is 1.82 bits per heavy atom. The Hall–Kier alpha value is -2.57. The molecule has 1 atom stereocenters. The number of nitrogens with zero attached hydrogens (tertiary/aromatic N) is 2. The van der Waals surface area contributed by atoms with E-state index in [1.54, 1.807) is 4.90 Å². The summed E-state index contributed by atoms with van der Waals surface area (Å²) in [6.45, 7) is 6.91. The lowest BCUT2D eigenvalue weighted by Crippen LogP contribution is -2.60. The SMILES string of the molecule is CC(C)(C)C1(OC(N)=O)CCc2ccccc2N(CC(=O)N2CCCC2)C1=O. The molecular formula is C21H29N3O4. The second-order valence-corrected chi connectivity index (χ2v) is 8.61. The predicted molar refractivity (Wildman–Crippen MR) is 106 cm³/mol. The molecule has 3 amide bonds. The van der Waals surface area contributed by atoms with Crippen LogP contribution in [0.5, 0.6) is 0 Å². The summed E-state index contributed by atoms with van der Waals surface area (Å²) in [7, 11) is 0. The summed E-state index contributed by atoms with van der Waals surface area (Å²) >= 11 is 0. The normalized spacial score (nSPS) is 22.6. The number of nitrogens with two attached hydrogens (primary N) is 1. The Kier molecular flexibility index (Phi) is 5.37. The summed E-state index contributed by atoms with van der Waals surface area (Å²) in [5.74, 6) is -0.485. The van der Waals surface area contributed by atoms with Gasteiger partial charge < -0.3 is 15.4 Å². The number of carbonyl (C=O) groups excluding carboxylic acids is 3. The van der Waals surface area contributed by atoms with Gasteiger partial charge in [0.25, 0.3) is 5.91 Å². The Balaban J connectivity index is 2.05. The summed E-state index contributed by atoms with van der Waals surface area (Å²) in [6.07, 6.45) is 1.82. The lowest BCUT2D eigenvalue weighted by atomic mass is 9.72. The average Bonchev–Trinajstić information content (AvgIpc) is 3.13. The van der Waals surface area contributed by atoms with Gasteiger partial charge in [0, 0.05) is 30.6 Å². The van der Waals surface area contributed by atoms with E-state index in [0.717, 1.165) is 18.4 Å². The number of hydrogen-bond acceptors (Lipinski definition) is 4. The number of benzene rings is 1. The van der Waals surface area contributed by atoms with Crippen molar-refractivity contribution >= 4 is 23.6 Å². The maximum absolute atomic E-state index is 13.8. The minimum atomic E-state index is -1.44. The van der Waals surface area contributed by atoms with Gasteiger partial charge in [-0.1, -0.05) is 39.0 Å². The molecule has 1 saturated heterocycles. The van der Waals surface area contributed by atoms with Gasteiger partial charge in [-0.2, -0.15) is 0 Å². The molecule has 1 aromatic carbocycles. The number of amides is 3. The molecule has 7 nitrogen and oxygen atoms in total. The molecule has 1 fully saturated rings. The maximum atomic E-state index is 13.8. The molecular weight excluding hydrogens is 358 g/mol. The van der Waals surface area contributed by atoms with E-state index in [0.29, 0.717) is 31.6 Å². The number of primary amides is 1. The largest absolute Gasteiger partial charge is 0.432 e. The van der Waals surface area contributed by atoms with Crippen LogP contribution in [0.3, 0.4) is 0 Å². The van der Waals surface area contributed by atoms with Gasteiger partial charge >= 0.3 is 6.09 Å². The van der Waals surface area contributed by atoms with Gasteiger partial charge in [-0.3, -0.25) is 14.5 Å². The molecule has 2 aliphatic rings. The molecule has 1 unspecified atom stereocenters. The average molecular weight is 387 g/mol. The minimum absolute atomic E-state index is 0.0736. The molecule has 0 radical (unpaired) electrons. The third-order valence-electron chi connectivity index (χ3n) is 5.86. The topological polar surface area (TPSA) is 92.9 Å². The van der Waals surface area contributed by atoms with Gasteiger partial charge in [0.1, 0.15) is 6.54 Å². The summed E-state index contributed by atoms with van der Waals surface area (Å²) in [4.78, 5) is 41.7. The number of fused-ring (bicyclic) bond motifs is 1. The zero-order valence-corrected chi connectivity index (χ0v) is 16.9. The highest BCUT2D eigenvalue weighted by molar-refractivity contribution is 6.05. The zero-order chi connectivity index (χ0) is 20.5. The lowest BCUT2D eigenvalue weighted by molar-refractivity contribution is -0.151. The molecule has 2 heterocycles. The van der Waals surface area contributed by atoms with Gasteiger partial charge in [-0.15, -0.1) is 0 Å². The number of hydrogen-bond donors (Lipinski definition) is 1. The fraction of sp³-hybridized carbons (Fsp3) is 0.571. The van der Waals surface area contributed by atoms with Crippen molar-refractivity contribution in [3.8, 4) is 0 Å². The fourth-order valence-electron chi connectivity index (χ4n) is 4.20. The summed E-state index contributed by atoms with van der Waals surface area (Å²) in [5, 5.41) is 0. The summed E-state index contributed by atoms with van der Waals surface area (Å²) < 4.78 is 5.53. The predicted octanol–water partition coefficient (Wildman–Crippen LogP) is 2.47. The van der Waals surface area contributed by atoms with Gasteiger partial charge in [-0.05, 0) is 30.9 Å². The highest BCUT2D eigenvalue weighted by Crippen LogP contribution is 2.43. The Bertz CT molecular complexity index is 780. The first-order chi connectivity index (χ1) is 13.2. The molecule has 152 valence electrons. The van der Waals surface area contributed by atoms with Crippen molar-refractivity contribution in [3.63, 3.8) is 0 Å². The van der Waals surface area contributed by atoms with Crippen molar-refractivity contribution < 1.29 is 19.1 Å². The molecule has 0 saturated carbocycles. The number of ether oxygens (including phenoxy) is 1. The number of anilines is 1. The van der Waals surface area contributed by atoms with Crippen molar-refractivity contribution in [3.05, 3.63) is 29.8 Å². The Labute approximate surface area is 165 Å². The number of carbonyl (C=O) groups is 3. The van der Waals surface area contributed by atoms with E-state index in [9.17, 15) is 14.4 Å². The van der Waals surface area contributed by atoms with Crippen LogP contribution in [0.25, 0.3) is 0 Å². The molecule has 0 aliphatic carbocycles. The molecule has 0 aromatic heterocycles. The van der Waals surface area contributed by atoms with Crippen LogP contribution in [-0.4, -0.2) is 48.0 Å². The Morgan fingerprint density at radius 1 is 1.18 bits per heavy atom. The smallest absolute Gasteiger partial charge is 0.405 e. The van der Waals surface area contributed by atoms with Crippen LogP contribution in [0.4, 0.5) is 10.5 Å². The van der Waals surface area contributed by atoms with Crippen LogP contribution >= 0.6 is 0 Å². The Morgan fingerprint density at radius 3 is 2.43 bits per heavy atom. The van der Waals surface area contributed by atoms with Crippen molar-refractivity contribution in [1.82, 2.24) is 4.90 Å². The number of rotatable bonds is 3. The summed E-state index contributed by atoms with van der Waals surface area (Å²) in [5.41, 5.74) is 4.87. The maximum Gasteiger partial charge on any atom is 0.405 e. The van der Waals surface area contributed by atoms with Crippen LogP contribution in [0.2, 0.25) is 0 Å². The van der Waals surface area contributed by atoms with Gasteiger partial charge in [-0.25, -0.2) is 4.79 Å². The minimum Gasteiger partial charge on any atom is -0.432 e. The van der Waals surface area contributed by atoms with Crippen LogP contribution in [0.1, 0.15) is 45.6 Å². The quantitative estimate of drug-likeness (QED) is 0.862. The fourth-order valence-corrected chi connectivity index (χ4v) is 4.20. The second-order valence-electron chi connectivity index (χ2n) is 8.61. The molecule has 3 rings (SSSR count). The van der Waals surface area contributed by atoms with Crippen molar-refractivity contribution in [2.75, 3.05) is 24.5 Å². The zero-order valence-electron chi connectivity index (χ0n) is 16.9. The second kappa shape index (κ2) is 7.45. The lowest BCUT2D eigenvalue weighted by Gasteiger charge is -2.43. The molecule has 1 aromatic rings. The first-order valence-electron chi connectivity index (χ1n) is 9.82. The van der Waals surface area contributed by atoms with Crippen LogP contribution in [-0.2, 0) is 20.7 Å². The third-order valence-corrected chi connectivity index (χ3v) is 5.86. The van der Waals surface area contributed by atoms with Crippen LogP contribution < -0.4 is 10.6 Å². The van der Waals surface area contributed by atoms with E-state index in [1.807, 2.05) is 45.0 Å². The van der Waals surface area contributed by atoms with E-state index < -0.39 is 23.0 Å². The molecule has 2 aliphatic heterocycles. The van der Waals surface area contributed by atoms with Gasteiger partial charge in [0.2, 0.25) is 5.91 Å². The van der Waals surface area contributed by atoms with Gasteiger partial charge in [0.05, 0.1) is 0 Å². The van der Waals surface area contributed by atoms with Crippen LogP contribution in [0.15, 0.2) is 24.3 Å². The number of likely N-dealkylation sites (tertiary alicyclic amines) is 1. The number of para-hydroxylation sites is 1. The number of aryl methyl sites for hydroxylation is 1. The monoisotopic (exact) mass is 387 g/mol. The van der Waals surface area contributed by atoms with Crippen molar-refractivity contribution in [2.24, 2.45) is 11.1 Å². The van der Waals surface area contributed by atoms with Crippen molar-refractivity contribution in [2.45, 2.75) is 52.1 Å². The third kappa shape index (κ3) is 3.57. The molecule has 7 heteroatoms. The van der Waals surface area contributed by atoms with E-state index in [1.165, 1.54) is 4.90 Å². The van der Waals surface area contributed by atoms with E-state index in [-0.39, 0.29) is 12.5 Å². The first kappa shape index (κ1) is 20.2. The van der Waals surface area contributed by atoms with E-state index >= 15 is 0 Å². The van der Waals surface area contributed by atoms with E-state index in [2.05, 4.69) is 0 Å².